The number of carbonyl (C=O) groups excluding carboxylic acids is 2. The van der Waals surface area contributed by atoms with Gasteiger partial charge in [-0.1, -0.05) is 76.1 Å². The van der Waals surface area contributed by atoms with E-state index in [1.54, 1.807) is 23.1 Å². The molecule has 0 spiro atoms. The molecule has 2 aromatic rings. The second-order valence-corrected chi connectivity index (χ2v) is 10.2. The van der Waals surface area contributed by atoms with E-state index in [9.17, 15) is 14.7 Å². The monoisotopic (exact) mass is 434 g/mol. The van der Waals surface area contributed by atoms with Crippen molar-refractivity contribution in [3.05, 3.63) is 65.2 Å². The minimum absolute atomic E-state index is 0.00598. The zero-order chi connectivity index (χ0) is 22.9. The van der Waals surface area contributed by atoms with Crippen LogP contribution in [0.1, 0.15) is 74.4 Å². The van der Waals surface area contributed by atoms with Crippen LogP contribution in [0.15, 0.2) is 48.5 Å². The van der Waals surface area contributed by atoms with Crippen LogP contribution < -0.4 is 4.90 Å². The van der Waals surface area contributed by atoms with E-state index < -0.39 is 11.5 Å². The average molecular weight is 435 g/mol. The van der Waals surface area contributed by atoms with Gasteiger partial charge in [0, 0.05) is 11.1 Å². The number of carbonyl (C=O) groups is 2. The molecule has 2 aliphatic rings. The van der Waals surface area contributed by atoms with Crippen LogP contribution in [0.25, 0.3) is 0 Å². The van der Waals surface area contributed by atoms with Crippen molar-refractivity contribution in [2.45, 2.75) is 63.9 Å². The molecule has 1 amide bonds. The molecule has 0 saturated carbocycles. The largest absolute Gasteiger partial charge is 0.375 e. The van der Waals surface area contributed by atoms with Crippen molar-refractivity contribution in [1.82, 2.24) is 4.90 Å². The average Bonchev–Trinajstić information content (AvgIpc) is 2.94. The number of likely N-dealkylation sites (tertiary alicyclic amines) is 1. The summed E-state index contributed by atoms with van der Waals surface area (Å²) < 4.78 is 0. The van der Waals surface area contributed by atoms with E-state index in [2.05, 4.69) is 25.7 Å². The van der Waals surface area contributed by atoms with Crippen molar-refractivity contribution in [2.75, 3.05) is 24.7 Å². The van der Waals surface area contributed by atoms with Crippen LogP contribution in [0.5, 0.6) is 0 Å². The van der Waals surface area contributed by atoms with Crippen LogP contribution in [0.2, 0.25) is 0 Å². The van der Waals surface area contributed by atoms with E-state index in [0.29, 0.717) is 23.5 Å². The van der Waals surface area contributed by atoms with Gasteiger partial charge in [-0.2, -0.15) is 0 Å². The maximum absolute atomic E-state index is 13.5. The molecule has 0 aromatic heterocycles. The minimum Gasteiger partial charge on any atom is -0.375 e. The van der Waals surface area contributed by atoms with Gasteiger partial charge in [-0.3, -0.25) is 19.4 Å². The first kappa shape index (κ1) is 22.7. The normalized spacial score (nSPS) is 22.0. The number of anilines is 1. The number of benzene rings is 2. The molecule has 0 aliphatic carbocycles. The quantitative estimate of drug-likeness (QED) is 0.698. The van der Waals surface area contributed by atoms with Crippen LogP contribution in [0.3, 0.4) is 0 Å². The Morgan fingerprint density at radius 3 is 2.22 bits per heavy atom. The van der Waals surface area contributed by atoms with Crippen molar-refractivity contribution in [1.29, 1.82) is 0 Å². The number of ketones is 1. The lowest BCUT2D eigenvalue weighted by atomic mass is 9.85. The Balaban J connectivity index is 1.57. The van der Waals surface area contributed by atoms with Crippen molar-refractivity contribution in [3.8, 4) is 0 Å². The van der Waals surface area contributed by atoms with Crippen molar-refractivity contribution in [3.63, 3.8) is 0 Å². The van der Waals surface area contributed by atoms with Crippen LogP contribution in [0.4, 0.5) is 5.69 Å². The molecule has 5 heteroatoms. The second kappa shape index (κ2) is 8.80. The van der Waals surface area contributed by atoms with Crippen molar-refractivity contribution < 1.29 is 14.7 Å². The summed E-state index contributed by atoms with van der Waals surface area (Å²) in [5.41, 5.74) is 1.05. The number of nitrogens with zero attached hydrogens (tertiary/aromatic N) is 2. The van der Waals surface area contributed by atoms with E-state index in [1.807, 2.05) is 30.3 Å². The number of aliphatic hydroxyl groups is 1. The highest BCUT2D eigenvalue weighted by molar-refractivity contribution is 6.10. The number of rotatable bonds is 5. The number of hydrogen-bond acceptors (Lipinski definition) is 4. The maximum atomic E-state index is 13.5. The van der Waals surface area contributed by atoms with Gasteiger partial charge in [0.25, 0.3) is 5.91 Å². The van der Waals surface area contributed by atoms with Gasteiger partial charge >= 0.3 is 0 Å². The first-order valence-electron chi connectivity index (χ1n) is 11.7. The number of fused-ring (bicyclic) bond motifs is 1. The third-order valence-corrected chi connectivity index (χ3v) is 6.77. The molecule has 2 aliphatic heterocycles. The topological polar surface area (TPSA) is 60.9 Å². The lowest BCUT2D eigenvalue weighted by molar-refractivity contribution is -0.136. The zero-order valence-electron chi connectivity index (χ0n) is 19.4. The molecule has 0 radical (unpaired) electrons. The van der Waals surface area contributed by atoms with Crippen molar-refractivity contribution >= 4 is 17.4 Å². The molecule has 1 unspecified atom stereocenters. The van der Waals surface area contributed by atoms with Crippen LogP contribution in [0, 0.1) is 0 Å². The summed E-state index contributed by atoms with van der Waals surface area (Å²) in [6.45, 7) is 8.72. The fourth-order valence-corrected chi connectivity index (χ4v) is 4.79. The molecular formula is C27H34N2O3. The Morgan fingerprint density at radius 1 is 0.969 bits per heavy atom. The van der Waals surface area contributed by atoms with E-state index >= 15 is 0 Å². The SMILES string of the molecule is CC(C)(C)c1ccc(C(=O)CC2(O)C(=O)N(CN3CCCCCC3)c3ccccc32)cc1. The van der Waals surface area contributed by atoms with E-state index in [0.717, 1.165) is 31.5 Å². The van der Waals surface area contributed by atoms with Gasteiger partial charge in [0.2, 0.25) is 0 Å². The fraction of sp³-hybridized carbons (Fsp3) is 0.481. The van der Waals surface area contributed by atoms with Gasteiger partial charge in [0.1, 0.15) is 0 Å². The number of para-hydroxylation sites is 1. The standard InChI is InChI=1S/C27H34N2O3/c1-26(2,3)21-14-12-20(13-15-21)24(30)18-27(32)22-10-6-7-11-23(22)29(25(27)31)19-28-16-8-4-5-9-17-28/h6-7,10-15,32H,4-5,8-9,16-19H2,1-3H3. The molecule has 1 atom stereocenters. The Labute approximate surface area is 191 Å². The van der Waals surface area contributed by atoms with Gasteiger partial charge in [0.15, 0.2) is 11.4 Å². The summed E-state index contributed by atoms with van der Waals surface area (Å²) in [4.78, 5) is 30.6. The molecule has 4 rings (SSSR count). The molecule has 1 fully saturated rings. The molecular weight excluding hydrogens is 400 g/mol. The molecule has 170 valence electrons. The molecule has 1 saturated heterocycles. The second-order valence-electron chi connectivity index (χ2n) is 10.2. The summed E-state index contributed by atoms with van der Waals surface area (Å²) in [6, 6.07) is 14.8. The first-order chi connectivity index (χ1) is 15.2. The fourth-order valence-electron chi connectivity index (χ4n) is 4.79. The van der Waals surface area contributed by atoms with Gasteiger partial charge in [0.05, 0.1) is 18.8 Å². The summed E-state index contributed by atoms with van der Waals surface area (Å²) >= 11 is 0. The van der Waals surface area contributed by atoms with Gasteiger partial charge in [-0.05, 0) is 43.0 Å². The Hall–Kier alpha value is -2.50. The smallest absolute Gasteiger partial charge is 0.265 e. The van der Waals surface area contributed by atoms with Crippen LogP contribution in [-0.2, 0) is 15.8 Å². The number of hydrogen-bond donors (Lipinski definition) is 1. The summed E-state index contributed by atoms with van der Waals surface area (Å²) in [7, 11) is 0. The highest BCUT2D eigenvalue weighted by Gasteiger charge is 2.51. The van der Waals surface area contributed by atoms with Crippen molar-refractivity contribution in [2.24, 2.45) is 0 Å². The lowest BCUT2D eigenvalue weighted by Crippen LogP contribution is -2.46. The predicted molar refractivity (Wildman–Crippen MR) is 127 cm³/mol. The molecule has 0 bridgehead atoms. The highest BCUT2D eigenvalue weighted by Crippen LogP contribution is 2.43. The first-order valence-corrected chi connectivity index (χ1v) is 11.7. The van der Waals surface area contributed by atoms with E-state index in [4.69, 9.17) is 0 Å². The summed E-state index contributed by atoms with van der Waals surface area (Å²) in [6.07, 6.45) is 4.42. The minimum atomic E-state index is -1.83. The summed E-state index contributed by atoms with van der Waals surface area (Å²) in [5.74, 6) is -0.629. The van der Waals surface area contributed by atoms with Crippen LogP contribution >= 0.6 is 0 Å². The predicted octanol–water partition coefficient (Wildman–Crippen LogP) is 4.62. The molecule has 1 N–H and O–H groups in total. The van der Waals surface area contributed by atoms with Gasteiger partial charge in [-0.25, -0.2) is 0 Å². The van der Waals surface area contributed by atoms with Gasteiger partial charge in [-0.15, -0.1) is 0 Å². The zero-order valence-corrected chi connectivity index (χ0v) is 19.4. The van der Waals surface area contributed by atoms with Gasteiger partial charge < -0.3 is 5.11 Å². The lowest BCUT2D eigenvalue weighted by Gasteiger charge is -2.28. The molecule has 32 heavy (non-hydrogen) atoms. The summed E-state index contributed by atoms with van der Waals surface area (Å²) in [5, 5.41) is 11.6. The highest BCUT2D eigenvalue weighted by atomic mass is 16.3. The van der Waals surface area contributed by atoms with E-state index in [1.165, 1.54) is 12.8 Å². The Morgan fingerprint density at radius 2 is 1.59 bits per heavy atom. The van der Waals surface area contributed by atoms with Crippen LogP contribution in [-0.4, -0.2) is 41.5 Å². The Bertz CT molecular complexity index is 985. The Kier molecular flexibility index (Phi) is 6.24. The molecule has 2 heterocycles. The maximum Gasteiger partial charge on any atom is 0.265 e. The molecule has 5 nitrogen and oxygen atoms in total. The molecule has 2 aromatic carbocycles. The van der Waals surface area contributed by atoms with E-state index in [-0.39, 0.29) is 17.6 Å². The number of amides is 1. The number of Topliss-reactive ketones (excluding diaryl/α,β-unsaturated/α-hetero) is 1. The third kappa shape index (κ3) is 4.37. The third-order valence-electron chi connectivity index (χ3n) is 6.77.